The third kappa shape index (κ3) is 1.48. The summed E-state index contributed by atoms with van der Waals surface area (Å²) in [4.78, 5) is 0. The maximum atomic E-state index is 5.67. The first-order valence-electron chi connectivity index (χ1n) is 6.03. The van der Waals surface area contributed by atoms with Crippen molar-refractivity contribution < 1.29 is 14.2 Å². The zero-order chi connectivity index (χ0) is 13.2. The number of benzene rings is 1. The van der Waals surface area contributed by atoms with E-state index in [0.717, 1.165) is 12.0 Å². The van der Waals surface area contributed by atoms with E-state index in [9.17, 15) is 0 Å². The summed E-state index contributed by atoms with van der Waals surface area (Å²) in [5.74, 6) is -0.801. The molecule has 0 aliphatic heterocycles. The minimum absolute atomic E-state index is 0.0919. The van der Waals surface area contributed by atoms with Crippen molar-refractivity contribution in [2.24, 2.45) is 0 Å². The summed E-state index contributed by atoms with van der Waals surface area (Å²) in [6.45, 7) is 3.98. The molecule has 98 valence electrons. The van der Waals surface area contributed by atoms with E-state index in [2.05, 4.69) is 18.7 Å². The molecule has 18 heavy (non-hydrogen) atoms. The summed E-state index contributed by atoms with van der Waals surface area (Å²) in [7, 11) is 4.97. The quantitative estimate of drug-likeness (QED) is 0.592. The predicted octanol–water partition coefficient (Wildman–Crippen LogP) is 2.52. The molecule has 0 spiro atoms. The molecule has 0 radical (unpaired) electrons. The standard InChI is InChI=1S/C15H20O3/c1-5-14(12-9-7-6-8-10-12)11-13(16-2)15(14,17-3)18-4/h5-10,13H,1,11H2,2-4H3. The molecule has 1 aromatic carbocycles. The van der Waals surface area contributed by atoms with Gasteiger partial charge in [-0.3, -0.25) is 0 Å². The van der Waals surface area contributed by atoms with Crippen LogP contribution in [0.2, 0.25) is 0 Å². The lowest BCUT2D eigenvalue weighted by Crippen LogP contribution is -2.71. The lowest BCUT2D eigenvalue weighted by molar-refractivity contribution is -0.346. The van der Waals surface area contributed by atoms with Crippen molar-refractivity contribution >= 4 is 0 Å². The van der Waals surface area contributed by atoms with Gasteiger partial charge in [-0.25, -0.2) is 0 Å². The molecule has 1 aliphatic rings. The van der Waals surface area contributed by atoms with Crippen molar-refractivity contribution in [3.05, 3.63) is 48.6 Å². The Balaban J connectivity index is 2.49. The second-order valence-corrected chi connectivity index (χ2v) is 4.55. The molecule has 0 bridgehead atoms. The highest BCUT2D eigenvalue weighted by molar-refractivity contribution is 5.40. The highest BCUT2D eigenvalue weighted by Crippen LogP contribution is 2.56. The van der Waals surface area contributed by atoms with Gasteiger partial charge in [-0.2, -0.15) is 0 Å². The lowest BCUT2D eigenvalue weighted by Gasteiger charge is -2.60. The molecule has 3 heteroatoms. The van der Waals surface area contributed by atoms with Gasteiger partial charge in [0.05, 0.1) is 5.41 Å². The van der Waals surface area contributed by atoms with Gasteiger partial charge in [-0.05, 0) is 12.0 Å². The molecule has 1 aliphatic carbocycles. The Kier molecular flexibility index (Phi) is 3.57. The van der Waals surface area contributed by atoms with Crippen molar-refractivity contribution in [2.45, 2.75) is 23.7 Å². The van der Waals surface area contributed by atoms with E-state index in [4.69, 9.17) is 14.2 Å². The maximum Gasteiger partial charge on any atom is 0.207 e. The molecule has 1 saturated carbocycles. The molecular formula is C15H20O3. The maximum absolute atomic E-state index is 5.67. The van der Waals surface area contributed by atoms with E-state index in [1.807, 2.05) is 24.3 Å². The van der Waals surface area contributed by atoms with Crippen LogP contribution in [-0.4, -0.2) is 33.2 Å². The van der Waals surface area contributed by atoms with Crippen LogP contribution in [0.3, 0.4) is 0 Å². The van der Waals surface area contributed by atoms with Crippen LogP contribution >= 0.6 is 0 Å². The van der Waals surface area contributed by atoms with Crippen molar-refractivity contribution in [3.63, 3.8) is 0 Å². The average Bonchev–Trinajstić information content (AvgIpc) is 2.42. The van der Waals surface area contributed by atoms with Gasteiger partial charge in [0.25, 0.3) is 0 Å². The van der Waals surface area contributed by atoms with Crippen LogP contribution in [0.1, 0.15) is 12.0 Å². The highest BCUT2D eigenvalue weighted by atomic mass is 16.7. The van der Waals surface area contributed by atoms with Crippen molar-refractivity contribution in [2.75, 3.05) is 21.3 Å². The molecule has 0 N–H and O–H groups in total. The largest absolute Gasteiger partial charge is 0.376 e. The van der Waals surface area contributed by atoms with Crippen LogP contribution < -0.4 is 0 Å². The van der Waals surface area contributed by atoms with Crippen molar-refractivity contribution in [3.8, 4) is 0 Å². The first kappa shape index (κ1) is 13.3. The third-order valence-corrected chi connectivity index (χ3v) is 4.08. The summed E-state index contributed by atoms with van der Waals surface area (Å²) in [5, 5.41) is 0. The van der Waals surface area contributed by atoms with Gasteiger partial charge in [0.1, 0.15) is 6.10 Å². The Hall–Kier alpha value is -1.16. The van der Waals surface area contributed by atoms with Gasteiger partial charge in [0.2, 0.25) is 5.79 Å². The molecular weight excluding hydrogens is 228 g/mol. The fourth-order valence-corrected chi connectivity index (χ4v) is 3.07. The first-order chi connectivity index (χ1) is 8.70. The summed E-state index contributed by atoms with van der Waals surface area (Å²) in [6, 6.07) is 10.2. The number of hydrogen-bond donors (Lipinski definition) is 0. The van der Waals surface area contributed by atoms with Gasteiger partial charge in [-0.1, -0.05) is 36.4 Å². The van der Waals surface area contributed by atoms with E-state index in [-0.39, 0.29) is 11.5 Å². The van der Waals surface area contributed by atoms with Crippen LogP contribution in [0.4, 0.5) is 0 Å². The lowest BCUT2D eigenvalue weighted by atomic mass is 9.57. The molecule has 2 atom stereocenters. The Bertz CT molecular complexity index is 411. The molecule has 0 heterocycles. The Labute approximate surface area is 108 Å². The molecule has 0 aromatic heterocycles. The van der Waals surface area contributed by atoms with E-state index >= 15 is 0 Å². The van der Waals surface area contributed by atoms with Gasteiger partial charge in [0.15, 0.2) is 0 Å². The van der Waals surface area contributed by atoms with E-state index in [0.29, 0.717) is 0 Å². The first-order valence-corrected chi connectivity index (χ1v) is 6.03. The number of hydrogen-bond acceptors (Lipinski definition) is 3. The molecule has 1 aromatic rings. The minimum atomic E-state index is -0.801. The summed E-state index contributed by atoms with van der Waals surface area (Å²) in [6.07, 6.45) is 2.62. The normalized spacial score (nSPS) is 29.6. The van der Waals surface area contributed by atoms with E-state index < -0.39 is 5.79 Å². The van der Waals surface area contributed by atoms with E-state index in [1.54, 1.807) is 21.3 Å². The zero-order valence-corrected chi connectivity index (χ0v) is 11.2. The Morgan fingerprint density at radius 2 is 1.78 bits per heavy atom. The van der Waals surface area contributed by atoms with Crippen LogP contribution in [0.25, 0.3) is 0 Å². The second-order valence-electron chi connectivity index (χ2n) is 4.55. The summed E-state index contributed by atoms with van der Waals surface area (Å²) < 4.78 is 16.8. The van der Waals surface area contributed by atoms with Crippen molar-refractivity contribution in [1.82, 2.24) is 0 Å². The minimum Gasteiger partial charge on any atom is -0.376 e. The Morgan fingerprint density at radius 1 is 1.17 bits per heavy atom. The molecule has 3 nitrogen and oxygen atoms in total. The monoisotopic (exact) mass is 248 g/mol. The van der Waals surface area contributed by atoms with Crippen molar-refractivity contribution in [1.29, 1.82) is 0 Å². The number of rotatable bonds is 5. The van der Waals surface area contributed by atoms with Gasteiger partial charge in [-0.15, -0.1) is 6.58 Å². The zero-order valence-electron chi connectivity index (χ0n) is 11.2. The molecule has 2 rings (SSSR count). The Morgan fingerprint density at radius 3 is 2.22 bits per heavy atom. The van der Waals surface area contributed by atoms with Gasteiger partial charge < -0.3 is 14.2 Å². The van der Waals surface area contributed by atoms with Crippen LogP contribution in [-0.2, 0) is 19.6 Å². The third-order valence-electron chi connectivity index (χ3n) is 4.08. The smallest absolute Gasteiger partial charge is 0.207 e. The second kappa shape index (κ2) is 4.84. The van der Waals surface area contributed by atoms with Crippen LogP contribution in [0, 0.1) is 0 Å². The van der Waals surface area contributed by atoms with Gasteiger partial charge in [0, 0.05) is 21.3 Å². The van der Waals surface area contributed by atoms with Crippen LogP contribution in [0.5, 0.6) is 0 Å². The fraction of sp³-hybridized carbons (Fsp3) is 0.467. The highest BCUT2D eigenvalue weighted by Gasteiger charge is 2.67. The SMILES string of the molecule is C=CC1(c2ccccc2)CC(OC)C1(OC)OC. The molecule has 2 unspecified atom stereocenters. The molecule has 0 amide bonds. The van der Waals surface area contributed by atoms with E-state index in [1.165, 1.54) is 0 Å². The molecule has 1 fully saturated rings. The van der Waals surface area contributed by atoms with Crippen LogP contribution in [0.15, 0.2) is 43.0 Å². The number of ether oxygens (including phenoxy) is 3. The predicted molar refractivity (Wildman–Crippen MR) is 70.5 cm³/mol. The molecule has 0 saturated heterocycles. The average molecular weight is 248 g/mol. The summed E-state index contributed by atoms with van der Waals surface area (Å²) >= 11 is 0. The van der Waals surface area contributed by atoms with Gasteiger partial charge >= 0.3 is 0 Å². The topological polar surface area (TPSA) is 27.7 Å². The summed E-state index contributed by atoms with van der Waals surface area (Å²) in [5.41, 5.74) is 0.773. The number of methoxy groups -OCH3 is 3. The fourth-order valence-electron chi connectivity index (χ4n) is 3.07.